The van der Waals surface area contributed by atoms with Crippen LogP contribution in [0.3, 0.4) is 0 Å². The van der Waals surface area contributed by atoms with E-state index in [9.17, 15) is 18.0 Å². The van der Waals surface area contributed by atoms with Crippen molar-refractivity contribution in [1.29, 1.82) is 0 Å². The molecule has 0 aromatic carbocycles. The van der Waals surface area contributed by atoms with Crippen LogP contribution < -0.4 is 0 Å². The van der Waals surface area contributed by atoms with Crippen LogP contribution in [0, 0.1) is 11.8 Å². The van der Waals surface area contributed by atoms with Crippen LogP contribution in [0.2, 0.25) is 0 Å². The molecule has 0 aromatic rings. The van der Waals surface area contributed by atoms with Crippen LogP contribution in [0.15, 0.2) is 12.2 Å². The molecule has 22 heavy (non-hydrogen) atoms. The summed E-state index contributed by atoms with van der Waals surface area (Å²) in [6.07, 6.45) is 8.63. The summed E-state index contributed by atoms with van der Waals surface area (Å²) < 4.78 is 42.2. The van der Waals surface area contributed by atoms with E-state index in [1.165, 1.54) is 19.3 Å². The Morgan fingerprint density at radius 2 is 1.50 bits per heavy atom. The molecule has 0 heterocycles. The van der Waals surface area contributed by atoms with E-state index in [-0.39, 0.29) is 5.92 Å². The molecule has 0 aliphatic heterocycles. The maximum atomic E-state index is 12.5. The predicted octanol–water partition coefficient (Wildman–Crippen LogP) is 5.18. The summed E-state index contributed by atoms with van der Waals surface area (Å²) in [5.74, 6) is -1.61. The molecular formula is C17H25F3O2. The van der Waals surface area contributed by atoms with Crippen LogP contribution in [-0.4, -0.2) is 18.2 Å². The fourth-order valence-corrected chi connectivity index (χ4v) is 3.54. The molecule has 0 N–H and O–H groups in total. The molecule has 0 bridgehead atoms. The molecule has 2 aliphatic rings. The number of halogens is 3. The second-order valence-electron chi connectivity index (χ2n) is 6.55. The lowest BCUT2D eigenvalue weighted by molar-refractivity contribution is -0.205. The van der Waals surface area contributed by atoms with Gasteiger partial charge in [0.05, 0.1) is 0 Å². The number of esters is 1. The van der Waals surface area contributed by atoms with E-state index in [0.717, 1.165) is 44.9 Å². The van der Waals surface area contributed by atoms with Crippen LogP contribution in [0.4, 0.5) is 13.2 Å². The fraction of sp³-hybridized carbons (Fsp3) is 0.824. The lowest BCUT2D eigenvalue weighted by Gasteiger charge is -2.29. The highest BCUT2D eigenvalue weighted by Gasteiger charge is 2.43. The molecule has 1 unspecified atom stereocenters. The fourth-order valence-electron chi connectivity index (χ4n) is 3.54. The summed E-state index contributed by atoms with van der Waals surface area (Å²) in [5.41, 5.74) is 0. The molecule has 2 nitrogen and oxygen atoms in total. The van der Waals surface area contributed by atoms with Crippen LogP contribution >= 0.6 is 0 Å². The van der Waals surface area contributed by atoms with E-state index in [2.05, 4.69) is 0 Å². The Balaban J connectivity index is 1.99. The third kappa shape index (κ3) is 5.33. The standard InChI is InChI=1S/C17H25F3O2/c18-17(19,20)16(21)22-15(14-9-5-2-6-10-14)12-11-13-7-3-1-4-8-13/h11-15H,1-10H2. The third-order valence-electron chi connectivity index (χ3n) is 4.81. The Bertz CT molecular complexity index is 378. The number of carbonyl (C=O) groups is 1. The van der Waals surface area contributed by atoms with Gasteiger partial charge in [-0.1, -0.05) is 44.6 Å². The van der Waals surface area contributed by atoms with E-state index in [0.29, 0.717) is 5.92 Å². The molecule has 2 saturated carbocycles. The normalized spacial score (nSPS) is 23.6. The Morgan fingerprint density at radius 1 is 0.955 bits per heavy atom. The number of hydrogen-bond acceptors (Lipinski definition) is 2. The van der Waals surface area contributed by atoms with Gasteiger partial charge < -0.3 is 4.74 Å². The van der Waals surface area contributed by atoms with Crippen LogP contribution in [0.1, 0.15) is 64.2 Å². The molecule has 0 amide bonds. The lowest BCUT2D eigenvalue weighted by atomic mass is 9.83. The lowest BCUT2D eigenvalue weighted by Crippen LogP contribution is -2.34. The Labute approximate surface area is 130 Å². The largest absolute Gasteiger partial charge is 0.490 e. The van der Waals surface area contributed by atoms with E-state index >= 15 is 0 Å². The maximum Gasteiger partial charge on any atom is 0.490 e. The van der Waals surface area contributed by atoms with Crippen molar-refractivity contribution < 1.29 is 22.7 Å². The minimum Gasteiger partial charge on any atom is -0.451 e. The van der Waals surface area contributed by atoms with Gasteiger partial charge in [-0.2, -0.15) is 13.2 Å². The van der Waals surface area contributed by atoms with Crippen molar-refractivity contribution in [2.45, 2.75) is 76.5 Å². The third-order valence-corrected chi connectivity index (χ3v) is 4.81. The van der Waals surface area contributed by atoms with Gasteiger partial charge in [-0.15, -0.1) is 0 Å². The van der Waals surface area contributed by atoms with Gasteiger partial charge in [0.15, 0.2) is 0 Å². The highest BCUT2D eigenvalue weighted by molar-refractivity contribution is 5.75. The van der Waals surface area contributed by atoms with Crippen molar-refractivity contribution in [1.82, 2.24) is 0 Å². The quantitative estimate of drug-likeness (QED) is 0.527. The van der Waals surface area contributed by atoms with Gasteiger partial charge in [0.1, 0.15) is 6.10 Å². The average molecular weight is 318 g/mol. The highest BCUT2D eigenvalue weighted by Crippen LogP contribution is 2.31. The molecule has 2 aliphatic carbocycles. The SMILES string of the molecule is O=C(OC(C=CC1CCCCC1)C1CCCCC1)C(F)(F)F. The van der Waals surface area contributed by atoms with Crippen LogP contribution in [0.25, 0.3) is 0 Å². The van der Waals surface area contributed by atoms with Crippen molar-refractivity contribution in [2.24, 2.45) is 11.8 Å². The average Bonchev–Trinajstić information content (AvgIpc) is 2.52. The number of hydrogen-bond donors (Lipinski definition) is 0. The Hall–Kier alpha value is -1.00. The van der Waals surface area contributed by atoms with Crippen LogP contribution in [-0.2, 0) is 9.53 Å². The molecule has 0 radical (unpaired) electrons. The van der Waals surface area contributed by atoms with Crippen molar-refractivity contribution in [3.05, 3.63) is 12.2 Å². The van der Waals surface area contributed by atoms with E-state index in [1.54, 1.807) is 6.08 Å². The summed E-state index contributed by atoms with van der Waals surface area (Å²) in [6.45, 7) is 0. The monoisotopic (exact) mass is 318 g/mol. The second kappa shape index (κ2) is 8.02. The zero-order chi connectivity index (χ0) is 16.0. The van der Waals surface area contributed by atoms with Crippen molar-refractivity contribution >= 4 is 5.97 Å². The molecule has 0 spiro atoms. The summed E-state index contributed by atoms with van der Waals surface area (Å²) in [5, 5.41) is 0. The molecule has 2 fully saturated rings. The summed E-state index contributed by atoms with van der Waals surface area (Å²) in [6, 6.07) is 0. The zero-order valence-corrected chi connectivity index (χ0v) is 12.9. The topological polar surface area (TPSA) is 26.3 Å². The molecule has 126 valence electrons. The van der Waals surface area contributed by atoms with Crippen molar-refractivity contribution in [2.75, 3.05) is 0 Å². The smallest absolute Gasteiger partial charge is 0.451 e. The summed E-state index contributed by atoms with van der Waals surface area (Å²) >= 11 is 0. The number of rotatable bonds is 4. The van der Waals surface area contributed by atoms with Crippen molar-refractivity contribution in [3.8, 4) is 0 Å². The molecule has 1 atom stereocenters. The first-order valence-electron chi connectivity index (χ1n) is 8.43. The molecule has 5 heteroatoms. The van der Waals surface area contributed by atoms with Gasteiger partial charge in [-0.25, -0.2) is 4.79 Å². The minimum absolute atomic E-state index is 0.0277. The zero-order valence-electron chi connectivity index (χ0n) is 12.9. The maximum absolute atomic E-state index is 12.5. The number of ether oxygens (including phenoxy) is 1. The number of carbonyl (C=O) groups excluding carboxylic acids is 1. The predicted molar refractivity (Wildman–Crippen MR) is 78.2 cm³/mol. The first kappa shape index (κ1) is 17.4. The highest BCUT2D eigenvalue weighted by atomic mass is 19.4. The van der Waals surface area contributed by atoms with Crippen molar-refractivity contribution in [3.63, 3.8) is 0 Å². The summed E-state index contributed by atoms with van der Waals surface area (Å²) in [4.78, 5) is 11.2. The number of alkyl halides is 3. The van der Waals surface area contributed by atoms with Gasteiger partial charge in [-0.3, -0.25) is 0 Å². The molecule has 0 aromatic heterocycles. The van der Waals surface area contributed by atoms with Gasteiger partial charge in [0.25, 0.3) is 0 Å². The van der Waals surface area contributed by atoms with Gasteiger partial charge in [-0.05, 0) is 43.6 Å². The van der Waals surface area contributed by atoms with E-state index in [4.69, 9.17) is 4.74 Å². The van der Waals surface area contributed by atoms with E-state index in [1.807, 2.05) is 6.08 Å². The molecular weight excluding hydrogens is 293 g/mol. The summed E-state index contributed by atoms with van der Waals surface area (Å²) in [7, 11) is 0. The van der Waals surface area contributed by atoms with E-state index < -0.39 is 18.2 Å². The van der Waals surface area contributed by atoms with Gasteiger partial charge >= 0.3 is 12.1 Å². The Kier molecular flexibility index (Phi) is 6.33. The molecule has 2 rings (SSSR count). The molecule has 0 saturated heterocycles. The van der Waals surface area contributed by atoms with Gasteiger partial charge in [0, 0.05) is 0 Å². The first-order valence-corrected chi connectivity index (χ1v) is 8.43. The first-order chi connectivity index (χ1) is 10.5. The minimum atomic E-state index is -4.91. The van der Waals surface area contributed by atoms with Crippen LogP contribution in [0.5, 0.6) is 0 Å². The van der Waals surface area contributed by atoms with Gasteiger partial charge in [0.2, 0.25) is 0 Å². The Morgan fingerprint density at radius 3 is 2.05 bits per heavy atom. The second-order valence-corrected chi connectivity index (χ2v) is 6.55. The number of allylic oxidation sites excluding steroid dienone is 1.